The molecular formula is C25H30FNO4. The predicted octanol–water partition coefficient (Wildman–Crippen LogP) is 5.63. The van der Waals surface area contributed by atoms with Crippen LogP contribution >= 0.6 is 0 Å². The summed E-state index contributed by atoms with van der Waals surface area (Å²) >= 11 is 0. The van der Waals surface area contributed by atoms with Crippen LogP contribution in [0.5, 0.6) is 5.75 Å². The largest absolute Gasteiger partial charge is 0.490 e. The zero-order valence-electron chi connectivity index (χ0n) is 18.4. The van der Waals surface area contributed by atoms with E-state index in [-0.39, 0.29) is 30.0 Å². The van der Waals surface area contributed by atoms with Crippen molar-refractivity contribution in [2.45, 2.75) is 64.4 Å². The minimum absolute atomic E-state index is 0.0612. The molecule has 1 atom stereocenters. The standard InChI is InChI=1S/C25H30FNO4/c1-4-17(3)31-22-13-12-20(16-21(22)23(28)30-5-2)27-24(29)25(14-6-7-15-25)18-8-10-19(26)11-9-18/h8-13,16-17H,4-7,14-15H2,1-3H3,(H,27,29). The molecule has 166 valence electrons. The topological polar surface area (TPSA) is 64.6 Å². The molecule has 1 aliphatic rings. The number of ether oxygens (including phenoxy) is 2. The first-order valence-electron chi connectivity index (χ1n) is 10.9. The Hall–Kier alpha value is -2.89. The molecule has 0 saturated heterocycles. The molecule has 0 bridgehead atoms. The van der Waals surface area contributed by atoms with E-state index in [9.17, 15) is 14.0 Å². The van der Waals surface area contributed by atoms with Gasteiger partial charge in [-0.3, -0.25) is 4.79 Å². The number of hydrogen-bond acceptors (Lipinski definition) is 4. The number of nitrogens with one attached hydrogen (secondary N) is 1. The Balaban J connectivity index is 1.89. The summed E-state index contributed by atoms with van der Waals surface area (Å²) in [6, 6.07) is 11.2. The number of hydrogen-bond donors (Lipinski definition) is 1. The summed E-state index contributed by atoms with van der Waals surface area (Å²) in [6.45, 7) is 5.91. The van der Waals surface area contributed by atoms with E-state index in [2.05, 4.69) is 5.32 Å². The highest BCUT2D eigenvalue weighted by molar-refractivity contribution is 6.01. The van der Waals surface area contributed by atoms with Crippen molar-refractivity contribution in [2.24, 2.45) is 0 Å². The van der Waals surface area contributed by atoms with E-state index in [4.69, 9.17) is 9.47 Å². The number of benzene rings is 2. The van der Waals surface area contributed by atoms with Gasteiger partial charge in [-0.2, -0.15) is 0 Å². The van der Waals surface area contributed by atoms with Crippen LogP contribution in [-0.4, -0.2) is 24.6 Å². The van der Waals surface area contributed by atoms with E-state index in [1.807, 2.05) is 13.8 Å². The van der Waals surface area contributed by atoms with E-state index < -0.39 is 11.4 Å². The summed E-state index contributed by atoms with van der Waals surface area (Å²) in [5.74, 6) is -0.541. The first-order valence-corrected chi connectivity index (χ1v) is 10.9. The Kier molecular flexibility index (Phi) is 7.31. The van der Waals surface area contributed by atoms with Crippen molar-refractivity contribution in [2.75, 3.05) is 11.9 Å². The second-order valence-corrected chi connectivity index (χ2v) is 8.02. The zero-order valence-corrected chi connectivity index (χ0v) is 18.4. The SMILES string of the molecule is CCOC(=O)c1cc(NC(=O)C2(c3ccc(F)cc3)CCCC2)ccc1OC(C)CC. The lowest BCUT2D eigenvalue weighted by atomic mass is 9.78. The van der Waals surface area contributed by atoms with E-state index in [0.717, 1.165) is 24.8 Å². The molecule has 1 amide bonds. The molecule has 31 heavy (non-hydrogen) atoms. The molecule has 1 saturated carbocycles. The van der Waals surface area contributed by atoms with Gasteiger partial charge in [0.2, 0.25) is 5.91 Å². The maximum Gasteiger partial charge on any atom is 0.341 e. The van der Waals surface area contributed by atoms with Crippen molar-refractivity contribution in [1.29, 1.82) is 0 Å². The average molecular weight is 428 g/mol. The summed E-state index contributed by atoms with van der Waals surface area (Å²) < 4.78 is 24.5. The van der Waals surface area contributed by atoms with E-state index in [1.165, 1.54) is 12.1 Å². The lowest BCUT2D eigenvalue weighted by Crippen LogP contribution is -2.38. The fraction of sp³-hybridized carbons (Fsp3) is 0.440. The van der Waals surface area contributed by atoms with Crippen LogP contribution in [0.2, 0.25) is 0 Å². The van der Waals surface area contributed by atoms with Crippen LogP contribution in [0, 0.1) is 5.82 Å². The summed E-state index contributed by atoms with van der Waals surface area (Å²) in [4.78, 5) is 25.9. The quantitative estimate of drug-likeness (QED) is 0.555. The minimum atomic E-state index is -0.705. The molecule has 0 spiro atoms. The Morgan fingerprint density at radius 3 is 2.39 bits per heavy atom. The highest BCUT2D eigenvalue weighted by atomic mass is 19.1. The lowest BCUT2D eigenvalue weighted by molar-refractivity contribution is -0.121. The first kappa shape index (κ1) is 22.8. The molecule has 0 radical (unpaired) electrons. The highest BCUT2D eigenvalue weighted by Crippen LogP contribution is 2.42. The number of carbonyl (C=O) groups is 2. The van der Waals surface area contributed by atoms with E-state index >= 15 is 0 Å². The van der Waals surface area contributed by atoms with Gasteiger partial charge in [-0.25, -0.2) is 9.18 Å². The smallest absolute Gasteiger partial charge is 0.341 e. The molecule has 1 N–H and O–H groups in total. The molecule has 6 heteroatoms. The van der Waals surface area contributed by atoms with Gasteiger partial charge in [0, 0.05) is 5.69 Å². The zero-order chi connectivity index (χ0) is 22.4. The van der Waals surface area contributed by atoms with Crippen LogP contribution in [0.25, 0.3) is 0 Å². The Labute approximate surface area is 182 Å². The number of halogens is 1. The second kappa shape index (κ2) is 9.94. The van der Waals surface area contributed by atoms with Crippen LogP contribution in [0.15, 0.2) is 42.5 Å². The fourth-order valence-corrected chi connectivity index (χ4v) is 4.02. The van der Waals surface area contributed by atoms with Crippen molar-refractivity contribution in [3.05, 3.63) is 59.4 Å². The summed E-state index contributed by atoms with van der Waals surface area (Å²) in [7, 11) is 0. The van der Waals surface area contributed by atoms with Crippen molar-refractivity contribution < 1.29 is 23.5 Å². The monoisotopic (exact) mass is 427 g/mol. The normalized spacial score (nSPS) is 15.9. The molecule has 1 unspecified atom stereocenters. The minimum Gasteiger partial charge on any atom is -0.490 e. The maximum absolute atomic E-state index is 13.4. The Bertz CT molecular complexity index is 920. The van der Waals surface area contributed by atoms with Crippen molar-refractivity contribution in [3.63, 3.8) is 0 Å². The third kappa shape index (κ3) is 5.06. The lowest BCUT2D eigenvalue weighted by Gasteiger charge is -2.28. The average Bonchev–Trinajstić information content (AvgIpc) is 3.26. The molecule has 0 heterocycles. The highest BCUT2D eigenvalue weighted by Gasteiger charge is 2.42. The van der Waals surface area contributed by atoms with Crippen molar-refractivity contribution in [3.8, 4) is 5.75 Å². The first-order chi connectivity index (χ1) is 14.9. The second-order valence-electron chi connectivity index (χ2n) is 8.02. The summed E-state index contributed by atoms with van der Waals surface area (Å²) in [5.41, 5.74) is 0.885. The third-order valence-electron chi connectivity index (χ3n) is 5.92. The maximum atomic E-state index is 13.4. The van der Waals surface area contributed by atoms with Crippen LogP contribution in [0.3, 0.4) is 0 Å². The van der Waals surface area contributed by atoms with Gasteiger partial charge in [-0.1, -0.05) is 31.9 Å². The Morgan fingerprint density at radius 2 is 1.77 bits per heavy atom. The number of amides is 1. The van der Waals surface area contributed by atoms with Gasteiger partial charge in [-0.15, -0.1) is 0 Å². The number of esters is 1. The molecule has 1 fully saturated rings. The molecule has 0 aromatic heterocycles. The number of rotatable bonds is 8. The van der Waals surface area contributed by atoms with E-state index in [0.29, 0.717) is 24.3 Å². The summed E-state index contributed by atoms with van der Waals surface area (Å²) in [6.07, 6.45) is 3.99. The predicted molar refractivity (Wildman–Crippen MR) is 118 cm³/mol. The van der Waals surface area contributed by atoms with Gasteiger partial charge in [0.1, 0.15) is 17.1 Å². The van der Waals surface area contributed by atoms with Gasteiger partial charge < -0.3 is 14.8 Å². The van der Waals surface area contributed by atoms with Gasteiger partial charge in [0.15, 0.2) is 0 Å². The molecule has 3 rings (SSSR count). The molecule has 5 nitrogen and oxygen atoms in total. The Morgan fingerprint density at radius 1 is 1.10 bits per heavy atom. The van der Waals surface area contributed by atoms with Crippen LogP contribution in [-0.2, 0) is 14.9 Å². The number of anilines is 1. The number of carbonyl (C=O) groups excluding carboxylic acids is 2. The van der Waals surface area contributed by atoms with Crippen LogP contribution in [0.1, 0.15) is 68.8 Å². The van der Waals surface area contributed by atoms with Crippen LogP contribution < -0.4 is 10.1 Å². The van der Waals surface area contributed by atoms with Gasteiger partial charge in [0.05, 0.1) is 18.1 Å². The van der Waals surface area contributed by atoms with Crippen molar-refractivity contribution in [1.82, 2.24) is 0 Å². The van der Waals surface area contributed by atoms with Crippen LogP contribution in [0.4, 0.5) is 10.1 Å². The van der Waals surface area contributed by atoms with Gasteiger partial charge in [0.25, 0.3) is 0 Å². The summed E-state index contributed by atoms with van der Waals surface area (Å²) in [5, 5.41) is 2.97. The van der Waals surface area contributed by atoms with Crippen molar-refractivity contribution >= 4 is 17.6 Å². The van der Waals surface area contributed by atoms with Gasteiger partial charge >= 0.3 is 5.97 Å². The molecule has 2 aromatic rings. The fourth-order valence-electron chi connectivity index (χ4n) is 4.02. The van der Waals surface area contributed by atoms with Gasteiger partial charge in [-0.05, 0) is 69.0 Å². The van der Waals surface area contributed by atoms with E-state index in [1.54, 1.807) is 37.3 Å². The molecule has 2 aromatic carbocycles. The molecule has 0 aliphatic heterocycles. The molecular weight excluding hydrogens is 397 g/mol. The third-order valence-corrected chi connectivity index (χ3v) is 5.92. The molecule has 1 aliphatic carbocycles.